The summed E-state index contributed by atoms with van der Waals surface area (Å²) >= 11 is 0. The number of hydrogen-bond donors (Lipinski definition) is 1. The molecule has 196 valence electrons. The zero-order valence-electron chi connectivity index (χ0n) is 21.9. The van der Waals surface area contributed by atoms with Crippen molar-refractivity contribution in [1.29, 1.82) is 0 Å². The van der Waals surface area contributed by atoms with E-state index < -0.39 is 10.0 Å². The fourth-order valence-electron chi connectivity index (χ4n) is 3.66. The highest BCUT2D eigenvalue weighted by molar-refractivity contribution is 7.89. The van der Waals surface area contributed by atoms with E-state index in [-0.39, 0.29) is 37.5 Å². The SMILES string of the molecule is CCN(CC)CCCS(=O)(=O)N(Cc1ccccc1)Cc1nc(CN(C)C(=O)NC(C)C)n(C)n1. The van der Waals surface area contributed by atoms with Gasteiger partial charge >= 0.3 is 6.03 Å². The van der Waals surface area contributed by atoms with Crippen molar-refractivity contribution in [2.24, 2.45) is 7.05 Å². The summed E-state index contributed by atoms with van der Waals surface area (Å²) in [6, 6.07) is 9.36. The second-order valence-electron chi connectivity index (χ2n) is 8.98. The maximum absolute atomic E-state index is 13.3. The van der Waals surface area contributed by atoms with E-state index in [4.69, 9.17) is 0 Å². The number of benzene rings is 1. The third-order valence-electron chi connectivity index (χ3n) is 5.72. The van der Waals surface area contributed by atoms with Crippen molar-refractivity contribution in [3.63, 3.8) is 0 Å². The van der Waals surface area contributed by atoms with Gasteiger partial charge in [0.05, 0.1) is 18.8 Å². The summed E-state index contributed by atoms with van der Waals surface area (Å²) in [4.78, 5) is 20.5. The fourth-order valence-corrected chi connectivity index (χ4v) is 5.07. The number of amides is 2. The molecule has 1 aromatic carbocycles. The Labute approximate surface area is 210 Å². The van der Waals surface area contributed by atoms with Crippen LogP contribution in [0.3, 0.4) is 0 Å². The Hall–Kier alpha value is -2.50. The number of carbonyl (C=O) groups excluding carboxylic acids is 1. The van der Waals surface area contributed by atoms with Gasteiger partial charge in [-0.2, -0.15) is 9.40 Å². The van der Waals surface area contributed by atoms with Gasteiger partial charge in [0, 0.05) is 26.7 Å². The Morgan fingerprint density at radius 3 is 2.34 bits per heavy atom. The lowest BCUT2D eigenvalue weighted by atomic mass is 10.2. The molecule has 1 aromatic heterocycles. The molecule has 0 spiro atoms. The van der Waals surface area contributed by atoms with Crippen molar-refractivity contribution in [2.75, 3.05) is 32.4 Å². The van der Waals surface area contributed by atoms with Crippen LogP contribution in [-0.2, 0) is 36.7 Å². The molecule has 2 rings (SSSR count). The van der Waals surface area contributed by atoms with Crippen molar-refractivity contribution in [1.82, 2.24) is 34.2 Å². The molecule has 0 atom stereocenters. The molecule has 0 saturated heterocycles. The van der Waals surface area contributed by atoms with Crippen LogP contribution in [-0.4, -0.2) is 81.8 Å². The largest absolute Gasteiger partial charge is 0.336 e. The third-order valence-corrected chi connectivity index (χ3v) is 7.57. The highest BCUT2D eigenvalue weighted by Crippen LogP contribution is 2.15. The van der Waals surface area contributed by atoms with Crippen LogP contribution in [0.25, 0.3) is 0 Å². The molecule has 0 aliphatic carbocycles. The Balaban J connectivity index is 2.17. The van der Waals surface area contributed by atoms with Gasteiger partial charge in [0.15, 0.2) is 5.82 Å². The summed E-state index contributed by atoms with van der Waals surface area (Å²) in [5.74, 6) is 1.05. The molecule has 0 fully saturated rings. The van der Waals surface area contributed by atoms with Crippen LogP contribution in [0.5, 0.6) is 0 Å². The summed E-state index contributed by atoms with van der Waals surface area (Å²) in [5, 5.41) is 7.29. The lowest BCUT2D eigenvalue weighted by Crippen LogP contribution is -2.40. The van der Waals surface area contributed by atoms with Gasteiger partial charge in [0.25, 0.3) is 0 Å². The number of nitrogens with one attached hydrogen (secondary N) is 1. The molecule has 2 aromatic rings. The molecular formula is C24H41N7O3S. The lowest BCUT2D eigenvalue weighted by molar-refractivity contribution is 0.202. The lowest BCUT2D eigenvalue weighted by Gasteiger charge is -2.23. The van der Waals surface area contributed by atoms with Crippen molar-refractivity contribution in [3.8, 4) is 0 Å². The molecule has 0 aliphatic rings. The minimum Gasteiger partial charge on any atom is -0.336 e. The number of rotatable bonds is 14. The highest BCUT2D eigenvalue weighted by Gasteiger charge is 2.25. The monoisotopic (exact) mass is 507 g/mol. The van der Waals surface area contributed by atoms with E-state index in [9.17, 15) is 13.2 Å². The summed E-state index contributed by atoms with van der Waals surface area (Å²) < 4.78 is 29.7. The van der Waals surface area contributed by atoms with E-state index in [1.54, 1.807) is 18.8 Å². The normalized spacial score (nSPS) is 12.0. The zero-order valence-corrected chi connectivity index (χ0v) is 22.8. The molecule has 0 saturated carbocycles. The van der Waals surface area contributed by atoms with Gasteiger partial charge in [-0.25, -0.2) is 18.2 Å². The maximum Gasteiger partial charge on any atom is 0.317 e. The maximum atomic E-state index is 13.3. The quantitative estimate of drug-likeness (QED) is 0.421. The fraction of sp³-hybridized carbons (Fsp3) is 0.625. The van der Waals surface area contributed by atoms with Crippen LogP contribution in [0, 0.1) is 0 Å². The average molecular weight is 508 g/mol. The number of urea groups is 1. The molecule has 0 aliphatic heterocycles. The van der Waals surface area contributed by atoms with Crippen LogP contribution in [0.15, 0.2) is 30.3 Å². The Morgan fingerprint density at radius 2 is 1.74 bits per heavy atom. The van der Waals surface area contributed by atoms with Crippen LogP contribution < -0.4 is 5.32 Å². The molecule has 0 bridgehead atoms. The first-order valence-electron chi connectivity index (χ1n) is 12.2. The number of carbonyl (C=O) groups is 1. The molecule has 0 radical (unpaired) electrons. The first kappa shape index (κ1) is 28.7. The van der Waals surface area contributed by atoms with Gasteiger partial charge < -0.3 is 15.1 Å². The average Bonchev–Trinajstić information content (AvgIpc) is 3.15. The first-order chi connectivity index (χ1) is 16.6. The second kappa shape index (κ2) is 13.6. The molecule has 35 heavy (non-hydrogen) atoms. The summed E-state index contributed by atoms with van der Waals surface area (Å²) in [7, 11) is -0.103. The number of aryl methyl sites for hydroxylation is 1. The summed E-state index contributed by atoms with van der Waals surface area (Å²) in [5.41, 5.74) is 0.904. The third kappa shape index (κ3) is 9.23. The molecule has 2 amide bonds. The van der Waals surface area contributed by atoms with Gasteiger partial charge in [0.2, 0.25) is 10.0 Å². The molecule has 0 unspecified atom stereocenters. The topological polar surface area (TPSA) is 104 Å². The van der Waals surface area contributed by atoms with E-state index in [2.05, 4.69) is 34.1 Å². The number of sulfonamides is 1. The number of nitrogens with zero attached hydrogens (tertiary/aromatic N) is 6. The van der Waals surface area contributed by atoms with Crippen molar-refractivity contribution < 1.29 is 13.2 Å². The molecular weight excluding hydrogens is 466 g/mol. The van der Waals surface area contributed by atoms with Crippen LogP contribution in [0.2, 0.25) is 0 Å². The number of aromatic nitrogens is 3. The summed E-state index contributed by atoms with van der Waals surface area (Å²) in [6.07, 6.45) is 0.561. The van der Waals surface area contributed by atoms with Crippen LogP contribution in [0.1, 0.15) is 51.3 Å². The molecule has 1 heterocycles. The standard InChI is InChI=1S/C24H41N7O3S/c1-7-30(8-2)15-12-16-35(33,34)31(17-21-13-10-9-11-14-21)18-22-26-23(29(6)27-22)19-28(5)24(32)25-20(3)4/h9-11,13-14,20H,7-8,12,15-19H2,1-6H3,(H,25,32). The minimum absolute atomic E-state index is 0.0264. The van der Waals surface area contributed by atoms with Gasteiger partial charge in [-0.05, 0) is 45.5 Å². The van der Waals surface area contributed by atoms with Gasteiger partial charge in [-0.15, -0.1) is 0 Å². The van der Waals surface area contributed by atoms with E-state index in [0.717, 1.165) is 25.2 Å². The van der Waals surface area contributed by atoms with Gasteiger partial charge in [-0.3, -0.25) is 4.68 Å². The van der Waals surface area contributed by atoms with Crippen molar-refractivity contribution >= 4 is 16.1 Å². The predicted molar refractivity (Wildman–Crippen MR) is 138 cm³/mol. The highest BCUT2D eigenvalue weighted by atomic mass is 32.2. The second-order valence-corrected chi connectivity index (χ2v) is 11.1. The smallest absolute Gasteiger partial charge is 0.317 e. The zero-order chi connectivity index (χ0) is 26.0. The molecule has 11 heteroatoms. The van der Waals surface area contributed by atoms with Crippen LogP contribution in [0.4, 0.5) is 4.79 Å². The Morgan fingerprint density at radius 1 is 1.09 bits per heavy atom. The predicted octanol–water partition coefficient (Wildman–Crippen LogP) is 2.43. The Kier molecular flexibility index (Phi) is 11.1. The van der Waals surface area contributed by atoms with Crippen molar-refractivity contribution in [3.05, 3.63) is 47.5 Å². The van der Waals surface area contributed by atoms with Gasteiger partial charge in [-0.1, -0.05) is 44.2 Å². The Bertz CT molecular complexity index is 1020. The molecule has 10 nitrogen and oxygen atoms in total. The van der Waals surface area contributed by atoms with Crippen LogP contribution >= 0.6 is 0 Å². The molecule has 1 N–H and O–H groups in total. The van der Waals surface area contributed by atoms with Crippen molar-refractivity contribution in [2.45, 2.75) is 59.8 Å². The van der Waals surface area contributed by atoms with E-state index in [1.165, 1.54) is 9.21 Å². The minimum atomic E-state index is -3.54. The van der Waals surface area contributed by atoms with E-state index >= 15 is 0 Å². The van der Waals surface area contributed by atoms with Gasteiger partial charge in [0.1, 0.15) is 5.82 Å². The van der Waals surface area contributed by atoms with E-state index in [1.807, 2.05) is 44.2 Å². The summed E-state index contributed by atoms with van der Waals surface area (Å²) in [6.45, 7) is 11.1. The number of hydrogen-bond acceptors (Lipinski definition) is 6. The van der Waals surface area contributed by atoms with E-state index in [0.29, 0.717) is 18.1 Å². The first-order valence-corrected chi connectivity index (χ1v) is 13.8.